The van der Waals surface area contributed by atoms with Crippen molar-refractivity contribution >= 4 is 5.76 Å². The largest absolute Gasteiger partial charge is 0.497 e. The van der Waals surface area contributed by atoms with Gasteiger partial charge in [-0.3, -0.25) is 0 Å². The SMILES string of the molecule is CO/C(=C\C=C\Cc1ccc(OC)cc1)c1ccc(OC)cc1. The van der Waals surface area contributed by atoms with Crippen LogP contribution in [0.25, 0.3) is 5.76 Å². The monoisotopic (exact) mass is 310 g/mol. The highest BCUT2D eigenvalue weighted by atomic mass is 16.5. The molecule has 2 rings (SSSR count). The van der Waals surface area contributed by atoms with Gasteiger partial charge >= 0.3 is 0 Å². The van der Waals surface area contributed by atoms with E-state index in [0.29, 0.717) is 0 Å². The van der Waals surface area contributed by atoms with E-state index >= 15 is 0 Å². The number of allylic oxidation sites excluding steroid dienone is 3. The van der Waals surface area contributed by atoms with Crippen molar-refractivity contribution in [2.75, 3.05) is 21.3 Å². The third-order valence-corrected chi connectivity index (χ3v) is 3.49. The van der Waals surface area contributed by atoms with Crippen LogP contribution in [-0.4, -0.2) is 21.3 Å². The molecule has 2 aromatic carbocycles. The summed E-state index contributed by atoms with van der Waals surface area (Å²) in [6.45, 7) is 0. The molecule has 0 aliphatic carbocycles. The van der Waals surface area contributed by atoms with Crippen molar-refractivity contribution in [2.45, 2.75) is 6.42 Å². The minimum Gasteiger partial charge on any atom is -0.497 e. The van der Waals surface area contributed by atoms with Crippen molar-refractivity contribution in [3.05, 3.63) is 77.9 Å². The van der Waals surface area contributed by atoms with Gasteiger partial charge in [-0.15, -0.1) is 0 Å². The molecule has 0 radical (unpaired) electrons. The Morgan fingerprint density at radius 2 is 1.39 bits per heavy atom. The van der Waals surface area contributed by atoms with Gasteiger partial charge in [-0.05, 0) is 54.5 Å². The van der Waals surface area contributed by atoms with Gasteiger partial charge in [0, 0.05) is 5.56 Å². The molecule has 0 N–H and O–H groups in total. The molecule has 0 spiro atoms. The van der Waals surface area contributed by atoms with E-state index in [9.17, 15) is 0 Å². The van der Waals surface area contributed by atoms with E-state index in [4.69, 9.17) is 14.2 Å². The summed E-state index contributed by atoms with van der Waals surface area (Å²) in [5, 5.41) is 0. The third-order valence-electron chi connectivity index (χ3n) is 3.49. The molecule has 3 heteroatoms. The maximum atomic E-state index is 5.44. The summed E-state index contributed by atoms with van der Waals surface area (Å²) in [6.07, 6.45) is 6.93. The normalized spacial score (nSPS) is 11.5. The zero-order valence-corrected chi connectivity index (χ0v) is 13.8. The molecule has 0 aromatic heterocycles. The molecular weight excluding hydrogens is 288 g/mol. The van der Waals surface area contributed by atoms with Crippen LogP contribution in [0.2, 0.25) is 0 Å². The van der Waals surface area contributed by atoms with Gasteiger partial charge in [0.1, 0.15) is 17.3 Å². The fourth-order valence-corrected chi connectivity index (χ4v) is 2.16. The lowest BCUT2D eigenvalue weighted by Gasteiger charge is -2.06. The summed E-state index contributed by atoms with van der Waals surface area (Å²) in [6, 6.07) is 15.9. The third kappa shape index (κ3) is 4.92. The average Bonchev–Trinajstić information content (AvgIpc) is 2.62. The highest BCUT2D eigenvalue weighted by Gasteiger charge is 2.00. The predicted octanol–water partition coefficient (Wildman–Crippen LogP) is 4.49. The molecule has 0 heterocycles. The van der Waals surface area contributed by atoms with Crippen molar-refractivity contribution in [2.24, 2.45) is 0 Å². The smallest absolute Gasteiger partial charge is 0.126 e. The fraction of sp³-hybridized carbons (Fsp3) is 0.200. The fourth-order valence-electron chi connectivity index (χ4n) is 2.16. The van der Waals surface area contributed by atoms with Gasteiger partial charge in [0.25, 0.3) is 0 Å². The summed E-state index contributed by atoms with van der Waals surface area (Å²) >= 11 is 0. The van der Waals surface area contributed by atoms with E-state index in [0.717, 1.165) is 29.2 Å². The zero-order chi connectivity index (χ0) is 16.5. The van der Waals surface area contributed by atoms with Crippen LogP contribution in [0.1, 0.15) is 11.1 Å². The van der Waals surface area contributed by atoms with Gasteiger partial charge in [-0.2, -0.15) is 0 Å². The van der Waals surface area contributed by atoms with Crippen LogP contribution in [0.5, 0.6) is 11.5 Å². The van der Waals surface area contributed by atoms with Crippen LogP contribution < -0.4 is 9.47 Å². The summed E-state index contributed by atoms with van der Waals surface area (Å²) in [5.74, 6) is 2.52. The first-order valence-corrected chi connectivity index (χ1v) is 7.45. The van der Waals surface area contributed by atoms with E-state index in [1.165, 1.54) is 5.56 Å². The molecule has 0 fully saturated rings. The summed E-state index contributed by atoms with van der Waals surface area (Å²) in [5.41, 5.74) is 2.25. The molecule has 0 atom stereocenters. The van der Waals surface area contributed by atoms with E-state index in [-0.39, 0.29) is 0 Å². The van der Waals surface area contributed by atoms with Crippen LogP contribution in [0.15, 0.2) is 66.8 Å². The second-order valence-electron chi connectivity index (χ2n) is 4.94. The van der Waals surface area contributed by atoms with Crippen molar-refractivity contribution in [1.29, 1.82) is 0 Å². The van der Waals surface area contributed by atoms with E-state index in [1.54, 1.807) is 21.3 Å². The maximum absolute atomic E-state index is 5.44. The lowest BCUT2D eigenvalue weighted by Crippen LogP contribution is -1.88. The molecule has 0 saturated heterocycles. The highest BCUT2D eigenvalue weighted by molar-refractivity contribution is 5.62. The van der Waals surface area contributed by atoms with E-state index in [2.05, 4.69) is 18.2 Å². The predicted molar refractivity (Wildman–Crippen MR) is 93.8 cm³/mol. The Morgan fingerprint density at radius 1 is 0.826 bits per heavy atom. The topological polar surface area (TPSA) is 27.7 Å². The highest BCUT2D eigenvalue weighted by Crippen LogP contribution is 2.19. The van der Waals surface area contributed by atoms with E-state index < -0.39 is 0 Å². The van der Waals surface area contributed by atoms with Crippen molar-refractivity contribution in [1.82, 2.24) is 0 Å². The number of ether oxygens (including phenoxy) is 3. The van der Waals surface area contributed by atoms with Crippen molar-refractivity contribution < 1.29 is 14.2 Å². The second-order valence-corrected chi connectivity index (χ2v) is 4.94. The molecular formula is C20H22O3. The van der Waals surface area contributed by atoms with Crippen LogP contribution >= 0.6 is 0 Å². The first-order valence-electron chi connectivity index (χ1n) is 7.45. The summed E-state index contributed by atoms with van der Waals surface area (Å²) in [7, 11) is 5.00. The van der Waals surface area contributed by atoms with Crippen LogP contribution in [0.4, 0.5) is 0 Å². The first-order chi connectivity index (χ1) is 11.3. The van der Waals surface area contributed by atoms with E-state index in [1.807, 2.05) is 48.6 Å². The number of rotatable bonds is 7. The standard InChI is InChI=1S/C20H22O3/c1-21-18-12-8-16(9-13-18)6-4-5-7-20(23-3)17-10-14-19(22-2)15-11-17/h4-5,7-15H,6H2,1-3H3/b5-4+,20-7-. The van der Waals surface area contributed by atoms with Crippen LogP contribution in [-0.2, 0) is 11.2 Å². The second kappa shape index (κ2) is 8.69. The van der Waals surface area contributed by atoms with Crippen molar-refractivity contribution in [3.63, 3.8) is 0 Å². The Bertz CT molecular complexity index is 652. The van der Waals surface area contributed by atoms with Gasteiger partial charge in [-0.25, -0.2) is 0 Å². The average molecular weight is 310 g/mol. The molecule has 0 unspecified atom stereocenters. The minimum atomic E-state index is 0.818. The Balaban J connectivity index is 1.99. The Morgan fingerprint density at radius 3 is 1.91 bits per heavy atom. The first kappa shape index (κ1) is 16.7. The Labute approximate surface area is 137 Å². The number of hydrogen-bond donors (Lipinski definition) is 0. The lowest BCUT2D eigenvalue weighted by atomic mass is 10.1. The van der Waals surface area contributed by atoms with Gasteiger partial charge in [-0.1, -0.05) is 24.3 Å². The molecule has 23 heavy (non-hydrogen) atoms. The lowest BCUT2D eigenvalue weighted by molar-refractivity contribution is 0.370. The Hall–Kier alpha value is -2.68. The molecule has 2 aromatic rings. The number of benzene rings is 2. The molecule has 3 nitrogen and oxygen atoms in total. The van der Waals surface area contributed by atoms with Crippen molar-refractivity contribution in [3.8, 4) is 11.5 Å². The zero-order valence-electron chi connectivity index (χ0n) is 13.8. The van der Waals surface area contributed by atoms with Gasteiger partial charge in [0.15, 0.2) is 0 Å². The Kier molecular flexibility index (Phi) is 6.30. The molecule has 0 saturated carbocycles. The molecule has 120 valence electrons. The molecule has 0 amide bonds. The van der Waals surface area contributed by atoms with Gasteiger partial charge in [0.2, 0.25) is 0 Å². The van der Waals surface area contributed by atoms with Gasteiger partial charge < -0.3 is 14.2 Å². The summed E-state index contributed by atoms with van der Waals surface area (Å²) < 4.78 is 15.8. The molecule has 0 bridgehead atoms. The quantitative estimate of drug-likeness (QED) is 0.557. The number of methoxy groups -OCH3 is 3. The molecule has 0 aliphatic rings. The maximum Gasteiger partial charge on any atom is 0.126 e. The van der Waals surface area contributed by atoms with Crippen LogP contribution in [0.3, 0.4) is 0 Å². The van der Waals surface area contributed by atoms with Crippen LogP contribution in [0, 0.1) is 0 Å². The molecule has 0 aliphatic heterocycles. The van der Waals surface area contributed by atoms with Gasteiger partial charge in [0.05, 0.1) is 21.3 Å². The minimum absolute atomic E-state index is 0.818. The number of hydrogen-bond acceptors (Lipinski definition) is 3. The summed E-state index contributed by atoms with van der Waals surface area (Å²) in [4.78, 5) is 0.